The average molecular weight is 324 g/mol. The van der Waals surface area contributed by atoms with E-state index >= 15 is 0 Å². The molecule has 1 atom stereocenters. The highest BCUT2D eigenvalue weighted by Crippen LogP contribution is 2.53. The number of Topliss-reactive ketones (excluding diaryl/α,β-unsaturated/α-hetero) is 1. The number of carbonyl (C=O) groups excluding carboxylic acids is 2. The van der Waals surface area contributed by atoms with Gasteiger partial charge < -0.3 is 4.74 Å². The fourth-order valence-electron chi connectivity index (χ4n) is 2.68. The van der Waals surface area contributed by atoms with Crippen LogP contribution in [0.15, 0.2) is 18.2 Å². The van der Waals surface area contributed by atoms with E-state index in [2.05, 4.69) is 15.9 Å². The number of halogens is 1. The van der Waals surface area contributed by atoms with Crippen molar-refractivity contribution in [2.45, 2.75) is 30.1 Å². The van der Waals surface area contributed by atoms with Gasteiger partial charge in [0.15, 0.2) is 5.78 Å². The van der Waals surface area contributed by atoms with Gasteiger partial charge in [-0.2, -0.15) is 0 Å². The number of carbonyl (C=O) groups is 2. The minimum atomic E-state index is -0.617. The number of nitrogens with zero attached hydrogens (tertiary/aromatic N) is 1. The standard InChI is InChI=1S/C14H14BrNO3/c1-8(15)13(18)16-11-4-3-9(19-2)7-10(11)12(17)14(16)5-6-14/h3-4,7-8H,5-6H2,1-2H3. The molecule has 0 bridgehead atoms. The molecular weight excluding hydrogens is 310 g/mol. The van der Waals surface area contributed by atoms with E-state index in [-0.39, 0.29) is 16.5 Å². The van der Waals surface area contributed by atoms with Crippen LogP contribution in [0, 0.1) is 0 Å². The number of amides is 1. The lowest BCUT2D eigenvalue weighted by Crippen LogP contribution is -2.45. The summed E-state index contributed by atoms with van der Waals surface area (Å²) in [4.78, 5) is 26.3. The van der Waals surface area contributed by atoms with Gasteiger partial charge in [0.05, 0.1) is 17.6 Å². The summed E-state index contributed by atoms with van der Waals surface area (Å²) >= 11 is 3.30. The van der Waals surface area contributed by atoms with Crippen molar-refractivity contribution in [3.8, 4) is 5.75 Å². The molecule has 0 N–H and O–H groups in total. The molecule has 1 amide bonds. The van der Waals surface area contributed by atoms with Crippen LogP contribution in [0.2, 0.25) is 0 Å². The van der Waals surface area contributed by atoms with Crippen LogP contribution in [0.3, 0.4) is 0 Å². The van der Waals surface area contributed by atoms with Gasteiger partial charge >= 0.3 is 0 Å². The maximum Gasteiger partial charge on any atom is 0.241 e. The van der Waals surface area contributed by atoms with E-state index in [4.69, 9.17) is 4.74 Å². The van der Waals surface area contributed by atoms with Crippen LogP contribution in [-0.2, 0) is 4.79 Å². The fourth-order valence-corrected chi connectivity index (χ4v) is 2.88. The van der Waals surface area contributed by atoms with Crippen molar-refractivity contribution in [2.75, 3.05) is 12.0 Å². The Hall–Kier alpha value is -1.36. The Balaban J connectivity index is 2.12. The maximum absolute atomic E-state index is 12.5. The first kappa shape index (κ1) is 12.7. The van der Waals surface area contributed by atoms with E-state index in [0.29, 0.717) is 17.0 Å². The van der Waals surface area contributed by atoms with Crippen molar-refractivity contribution in [2.24, 2.45) is 0 Å². The SMILES string of the molecule is COc1ccc2c(c1)C(=O)C1(CC1)N2C(=O)C(C)Br. The molecule has 19 heavy (non-hydrogen) atoms. The zero-order valence-electron chi connectivity index (χ0n) is 10.8. The van der Waals surface area contributed by atoms with Crippen LogP contribution in [0.25, 0.3) is 0 Å². The normalized spacial score (nSPS) is 20.4. The summed E-state index contributed by atoms with van der Waals surface area (Å²) < 4.78 is 5.15. The minimum absolute atomic E-state index is 0.0444. The molecule has 5 heteroatoms. The summed E-state index contributed by atoms with van der Waals surface area (Å²) in [6, 6.07) is 5.31. The fraction of sp³-hybridized carbons (Fsp3) is 0.429. The van der Waals surface area contributed by atoms with E-state index < -0.39 is 5.54 Å². The Bertz CT molecular complexity index is 578. The van der Waals surface area contributed by atoms with Gasteiger partial charge in [-0.1, -0.05) is 15.9 Å². The molecule has 1 fully saturated rings. The summed E-state index contributed by atoms with van der Waals surface area (Å²) in [5.41, 5.74) is 0.686. The van der Waals surface area contributed by atoms with Crippen molar-refractivity contribution in [1.82, 2.24) is 0 Å². The molecule has 4 nitrogen and oxygen atoms in total. The molecule has 1 aromatic rings. The van der Waals surface area contributed by atoms with Gasteiger partial charge in [-0.25, -0.2) is 0 Å². The highest BCUT2D eigenvalue weighted by molar-refractivity contribution is 9.10. The molecule has 1 spiro atoms. The number of hydrogen-bond donors (Lipinski definition) is 0. The quantitative estimate of drug-likeness (QED) is 0.786. The Kier molecular flexibility index (Phi) is 2.71. The number of ketones is 1. The van der Waals surface area contributed by atoms with Gasteiger partial charge in [0, 0.05) is 5.56 Å². The van der Waals surface area contributed by atoms with Crippen LogP contribution in [-0.4, -0.2) is 29.2 Å². The van der Waals surface area contributed by atoms with Gasteiger partial charge in [0.1, 0.15) is 11.3 Å². The van der Waals surface area contributed by atoms with Gasteiger partial charge in [-0.05, 0) is 38.0 Å². The predicted octanol–water partition coefficient (Wildman–Crippen LogP) is 2.54. The number of anilines is 1. The lowest BCUT2D eigenvalue weighted by atomic mass is 10.1. The third-order valence-corrected chi connectivity index (χ3v) is 4.22. The Morgan fingerprint density at radius 3 is 2.68 bits per heavy atom. The first-order valence-electron chi connectivity index (χ1n) is 6.22. The molecule has 1 aromatic carbocycles. The first-order chi connectivity index (χ1) is 9.01. The highest BCUT2D eigenvalue weighted by Gasteiger charge is 2.62. The number of benzene rings is 1. The van der Waals surface area contributed by atoms with Crippen molar-refractivity contribution < 1.29 is 14.3 Å². The van der Waals surface area contributed by atoms with Gasteiger partial charge in [0.25, 0.3) is 0 Å². The third-order valence-electron chi connectivity index (χ3n) is 3.82. The molecule has 1 aliphatic heterocycles. The molecule has 100 valence electrons. The molecule has 2 aliphatic rings. The van der Waals surface area contributed by atoms with Crippen molar-refractivity contribution in [3.63, 3.8) is 0 Å². The smallest absolute Gasteiger partial charge is 0.241 e. The summed E-state index contributed by atoms with van der Waals surface area (Å²) in [6.07, 6.45) is 1.49. The van der Waals surface area contributed by atoms with Crippen molar-refractivity contribution in [1.29, 1.82) is 0 Å². The molecule has 0 aromatic heterocycles. The summed E-state index contributed by atoms with van der Waals surface area (Å²) in [6.45, 7) is 1.78. The molecule has 1 heterocycles. The second-order valence-electron chi connectivity index (χ2n) is 5.03. The molecular formula is C14H14BrNO3. The Morgan fingerprint density at radius 2 is 2.16 bits per heavy atom. The molecule has 1 saturated carbocycles. The monoisotopic (exact) mass is 323 g/mol. The predicted molar refractivity (Wildman–Crippen MR) is 75.2 cm³/mol. The summed E-state index contributed by atoms with van der Waals surface area (Å²) in [7, 11) is 1.57. The number of methoxy groups -OCH3 is 1. The minimum Gasteiger partial charge on any atom is -0.497 e. The van der Waals surface area contributed by atoms with Crippen molar-refractivity contribution >= 4 is 33.3 Å². The van der Waals surface area contributed by atoms with Crippen LogP contribution in [0.5, 0.6) is 5.75 Å². The second kappa shape index (κ2) is 4.07. The molecule has 3 rings (SSSR count). The zero-order chi connectivity index (χ0) is 13.8. The number of ether oxygens (including phenoxy) is 1. The van der Waals surface area contributed by atoms with Gasteiger partial charge in [0.2, 0.25) is 5.91 Å². The lowest BCUT2D eigenvalue weighted by Gasteiger charge is -2.25. The van der Waals surface area contributed by atoms with Crippen LogP contribution in [0.1, 0.15) is 30.1 Å². The van der Waals surface area contributed by atoms with Gasteiger partial charge in [-0.15, -0.1) is 0 Å². The van der Waals surface area contributed by atoms with E-state index in [9.17, 15) is 9.59 Å². The largest absolute Gasteiger partial charge is 0.497 e. The zero-order valence-corrected chi connectivity index (χ0v) is 12.4. The van der Waals surface area contributed by atoms with Gasteiger partial charge in [-0.3, -0.25) is 14.5 Å². The first-order valence-corrected chi connectivity index (χ1v) is 7.14. The highest BCUT2D eigenvalue weighted by atomic mass is 79.9. The van der Waals surface area contributed by atoms with E-state index in [0.717, 1.165) is 12.8 Å². The molecule has 0 saturated heterocycles. The number of hydrogen-bond acceptors (Lipinski definition) is 3. The average Bonchev–Trinajstić information content (AvgIpc) is 3.15. The third kappa shape index (κ3) is 1.64. The molecule has 0 radical (unpaired) electrons. The van der Waals surface area contributed by atoms with E-state index in [1.807, 2.05) is 0 Å². The Labute approximate surface area is 119 Å². The molecule has 1 unspecified atom stereocenters. The summed E-state index contributed by atoms with van der Waals surface area (Å²) in [5, 5.41) is 0. The second-order valence-corrected chi connectivity index (χ2v) is 6.41. The van der Waals surface area contributed by atoms with Crippen LogP contribution < -0.4 is 9.64 Å². The Morgan fingerprint density at radius 1 is 1.47 bits per heavy atom. The maximum atomic E-state index is 12.5. The summed E-state index contributed by atoms with van der Waals surface area (Å²) in [5.74, 6) is 0.627. The van der Waals surface area contributed by atoms with Crippen molar-refractivity contribution in [3.05, 3.63) is 23.8 Å². The lowest BCUT2D eigenvalue weighted by molar-refractivity contribution is -0.118. The van der Waals surface area contributed by atoms with Crippen LogP contribution >= 0.6 is 15.9 Å². The number of rotatable bonds is 2. The van der Waals surface area contributed by atoms with E-state index in [1.165, 1.54) is 0 Å². The topological polar surface area (TPSA) is 46.6 Å². The number of fused-ring (bicyclic) bond motifs is 1. The van der Waals surface area contributed by atoms with E-state index in [1.54, 1.807) is 37.1 Å². The molecule has 1 aliphatic carbocycles. The number of alkyl halides is 1. The van der Waals surface area contributed by atoms with Crippen LogP contribution in [0.4, 0.5) is 5.69 Å².